The summed E-state index contributed by atoms with van der Waals surface area (Å²) in [4.78, 5) is 14.3. The number of urea groups is 1. The first-order valence-corrected chi connectivity index (χ1v) is 9.58. The molecule has 3 aromatic carbocycles. The molecule has 2 amide bonds. The predicted molar refractivity (Wildman–Crippen MR) is 117 cm³/mol. The van der Waals surface area contributed by atoms with E-state index in [4.69, 9.17) is 10.00 Å². The van der Waals surface area contributed by atoms with Gasteiger partial charge in [0.15, 0.2) is 0 Å². The lowest BCUT2D eigenvalue weighted by Gasteiger charge is -2.12. The quantitative estimate of drug-likeness (QED) is 0.601. The van der Waals surface area contributed by atoms with E-state index in [1.807, 2.05) is 32.3 Å². The minimum absolute atomic E-state index is 0.281. The number of carbonyl (C=O) groups is 1. The Balaban J connectivity index is 1.53. The standard InChI is InChI=1S/C24H24N4O2/c1-28(2)17-19-7-5-6-18(14-19)16-26-24(29)27-21-10-12-22(13-11-21)30-23-9-4-3-8-20(23)15-25/h3-14H,16-17H2,1-2H3,(H2,26,27,29). The zero-order chi connectivity index (χ0) is 21.3. The van der Waals surface area contributed by atoms with Gasteiger partial charge in [-0.05, 0) is 61.6 Å². The number of para-hydroxylation sites is 1. The summed E-state index contributed by atoms with van der Waals surface area (Å²) in [6.45, 7) is 1.30. The predicted octanol–water partition coefficient (Wildman–Crippen LogP) is 4.73. The van der Waals surface area contributed by atoms with E-state index in [0.29, 0.717) is 29.3 Å². The summed E-state index contributed by atoms with van der Waals surface area (Å²) in [5, 5.41) is 14.8. The number of rotatable bonds is 7. The average Bonchev–Trinajstić information content (AvgIpc) is 2.74. The minimum atomic E-state index is -0.281. The molecule has 6 nitrogen and oxygen atoms in total. The van der Waals surface area contributed by atoms with Gasteiger partial charge in [-0.3, -0.25) is 0 Å². The van der Waals surface area contributed by atoms with E-state index in [-0.39, 0.29) is 6.03 Å². The summed E-state index contributed by atoms with van der Waals surface area (Å²) in [6.07, 6.45) is 0. The van der Waals surface area contributed by atoms with E-state index in [1.54, 1.807) is 42.5 Å². The van der Waals surface area contributed by atoms with Gasteiger partial charge >= 0.3 is 6.03 Å². The summed E-state index contributed by atoms with van der Waals surface area (Å²) in [5.74, 6) is 1.08. The Hall–Kier alpha value is -3.82. The largest absolute Gasteiger partial charge is 0.456 e. The van der Waals surface area contributed by atoms with Crippen LogP contribution in [0.4, 0.5) is 10.5 Å². The van der Waals surface area contributed by atoms with Gasteiger partial charge in [0.25, 0.3) is 0 Å². The smallest absolute Gasteiger partial charge is 0.319 e. The lowest BCUT2D eigenvalue weighted by Crippen LogP contribution is -2.28. The molecule has 152 valence electrons. The van der Waals surface area contributed by atoms with Crippen molar-refractivity contribution in [2.24, 2.45) is 0 Å². The van der Waals surface area contributed by atoms with Crippen molar-refractivity contribution >= 4 is 11.7 Å². The Morgan fingerprint density at radius 1 is 1.00 bits per heavy atom. The highest BCUT2D eigenvalue weighted by atomic mass is 16.5. The van der Waals surface area contributed by atoms with Gasteiger partial charge in [0, 0.05) is 18.8 Å². The van der Waals surface area contributed by atoms with E-state index in [9.17, 15) is 4.79 Å². The summed E-state index contributed by atoms with van der Waals surface area (Å²) < 4.78 is 5.75. The van der Waals surface area contributed by atoms with Crippen LogP contribution in [0, 0.1) is 11.3 Å². The van der Waals surface area contributed by atoms with Crippen molar-refractivity contribution < 1.29 is 9.53 Å². The fraction of sp³-hybridized carbons (Fsp3) is 0.167. The SMILES string of the molecule is CN(C)Cc1cccc(CNC(=O)Nc2ccc(Oc3ccccc3C#N)cc2)c1. The first kappa shape index (κ1) is 20.9. The molecule has 0 unspecified atom stereocenters. The summed E-state index contributed by atoms with van der Waals surface area (Å²) in [6, 6.07) is 24.0. The maximum atomic E-state index is 12.2. The lowest BCUT2D eigenvalue weighted by atomic mass is 10.1. The Morgan fingerprint density at radius 3 is 2.47 bits per heavy atom. The zero-order valence-corrected chi connectivity index (χ0v) is 17.1. The number of nitrogens with zero attached hydrogens (tertiary/aromatic N) is 2. The Bertz CT molecular complexity index is 1040. The van der Waals surface area contributed by atoms with E-state index < -0.39 is 0 Å². The monoisotopic (exact) mass is 400 g/mol. The van der Waals surface area contributed by atoms with Gasteiger partial charge in [-0.2, -0.15) is 5.26 Å². The molecule has 6 heteroatoms. The third kappa shape index (κ3) is 6.09. The maximum Gasteiger partial charge on any atom is 0.319 e. The average molecular weight is 400 g/mol. The van der Waals surface area contributed by atoms with E-state index in [0.717, 1.165) is 12.1 Å². The van der Waals surface area contributed by atoms with Gasteiger partial charge in [0.2, 0.25) is 0 Å². The van der Waals surface area contributed by atoms with Crippen LogP contribution in [0.15, 0.2) is 72.8 Å². The molecule has 0 heterocycles. The van der Waals surface area contributed by atoms with Crippen molar-refractivity contribution in [2.45, 2.75) is 13.1 Å². The maximum absolute atomic E-state index is 12.2. The molecular formula is C24H24N4O2. The molecule has 0 aliphatic carbocycles. The van der Waals surface area contributed by atoms with Crippen LogP contribution < -0.4 is 15.4 Å². The topological polar surface area (TPSA) is 77.4 Å². The molecular weight excluding hydrogens is 376 g/mol. The normalized spacial score (nSPS) is 10.3. The number of nitrogens with one attached hydrogen (secondary N) is 2. The van der Waals surface area contributed by atoms with E-state index in [2.05, 4.69) is 33.7 Å². The Labute approximate surface area is 176 Å². The molecule has 3 aromatic rings. The molecule has 0 atom stereocenters. The van der Waals surface area contributed by atoms with Crippen LogP contribution in [0.25, 0.3) is 0 Å². The fourth-order valence-electron chi connectivity index (χ4n) is 2.94. The van der Waals surface area contributed by atoms with Crippen molar-refractivity contribution in [3.05, 3.63) is 89.5 Å². The van der Waals surface area contributed by atoms with Gasteiger partial charge in [-0.1, -0.05) is 36.4 Å². The number of amides is 2. The lowest BCUT2D eigenvalue weighted by molar-refractivity contribution is 0.251. The first-order valence-electron chi connectivity index (χ1n) is 9.58. The summed E-state index contributed by atoms with van der Waals surface area (Å²) in [5.41, 5.74) is 3.36. The van der Waals surface area contributed by atoms with Crippen LogP contribution in [0.5, 0.6) is 11.5 Å². The Morgan fingerprint density at radius 2 is 1.73 bits per heavy atom. The second-order valence-electron chi connectivity index (χ2n) is 7.10. The number of ether oxygens (including phenoxy) is 1. The molecule has 0 fully saturated rings. The van der Waals surface area contributed by atoms with E-state index >= 15 is 0 Å². The molecule has 0 bridgehead atoms. The van der Waals surface area contributed by atoms with Crippen molar-refractivity contribution in [2.75, 3.05) is 19.4 Å². The van der Waals surface area contributed by atoms with Crippen LogP contribution >= 0.6 is 0 Å². The second-order valence-corrected chi connectivity index (χ2v) is 7.10. The zero-order valence-electron chi connectivity index (χ0n) is 17.1. The molecule has 30 heavy (non-hydrogen) atoms. The minimum Gasteiger partial charge on any atom is -0.456 e. The summed E-state index contributed by atoms with van der Waals surface area (Å²) in [7, 11) is 4.05. The van der Waals surface area contributed by atoms with Gasteiger partial charge in [-0.15, -0.1) is 0 Å². The molecule has 0 radical (unpaired) electrons. The third-order valence-corrected chi connectivity index (χ3v) is 4.29. The Kier molecular flexibility index (Phi) is 7.04. The number of carbonyl (C=O) groups excluding carboxylic acids is 1. The van der Waals surface area contributed by atoms with Crippen molar-refractivity contribution in [1.29, 1.82) is 5.26 Å². The number of hydrogen-bond acceptors (Lipinski definition) is 4. The summed E-state index contributed by atoms with van der Waals surface area (Å²) >= 11 is 0. The number of anilines is 1. The third-order valence-electron chi connectivity index (χ3n) is 4.29. The van der Waals surface area contributed by atoms with Gasteiger partial charge in [0.05, 0.1) is 5.56 Å². The highest BCUT2D eigenvalue weighted by Crippen LogP contribution is 2.25. The van der Waals surface area contributed by atoms with Crippen LogP contribution in [0.1, 0.15) is 16.7 Å². The van der Waals surface area contributed by atoms with Gasteiger partial charge in [0.1, 0.15) is 17.6 Å². The van der Waals surface area contributed by atoms with Crippen LogP contribution in [-0.4, -0.2) is 25.0 Å². The molecule has 0 aromatic heterocycles. The fourth-order valence-corrected chi connectivity index (χ4v) is 2.94. The molecule has 0 spiro atoms. The van der Waals surface area contributed by atoms with Gasteiger partial charge in [-0.25, -0.2) is 4.79 Å². The van der Waals surface area contributed by atoms with Crippen LogP contribution in [-0.2, 0) is 13.1 Å². The van der Waals surface area contributed by atoms with Crippen molar-refractivity contribution in [3.63, 3.8) is 0 Å². The van der Waals surface area contributed by atoms with Crippen molar-refractivity contribution in [1.82, 2.24) is 10.2 Å². The molecule has 2 N–H and O–H groups in total. The molecule has 3 rings (SSSR count). The molecule has 0 aliphatic rings. The van der Waals surface area contributed by atoms with Crippen LogP contribution in [0.3, 0.4) is 0 Å². The highest BCUT2D eigenvalue weighted by molar-refractivity contribution is 5.89. The molecule has 0 saturated carbocycles. The van der Waals surface area contributed by atoms with Crippen LogP contribution in [0.2, 0.25) is 0 Å². The second kappa shape index (κ2) is 10.1. The number of hydrogen-bond donors (Lipinski definition) is 2. The molecule has 0 aliphatic heterocycles. The number of nitriles is 1. The van der Waals surface area contributed by atoms with E-state index in [1.165, 1.54) is 5.56 Å². The van der Waals surface area contributed by atoms with Gasteiger partial charge < -0.3 is 20.3 Å². The first-order chi connectivity index (χ1) is 14.5. The molecule has 0 saturated heterocycles. The highest BCUT2D eigenvalue weighted by Gasteiger charge is 2.06. The number of benzene rings is 3. The van der Waals surface area contributed by atoms with Crippen molar-refractivity contribution in [3.8, 4) is 17.6 Å².